The lowest BCUT2D eigenvalue weighted by atomic mass is 9.98. The topological polar surface area (TPSA) is 38.8 Å². The van der Waals surface area contributed by atoms with Crippen molar-refractivity contribution in [1.29, 1.82) is 0 Å². The molecule has 4 nitrogen and oxygen atoms in total. The van der Waals surface area contributed by atoms with Gasteiger partial charge in [0.05, 0.1) is 6.61 Å². The number of nitrogens with zero attached hydrogens (tertiary/aromatic N) is 1. The van der Waals surface area contributed by atoms with Crippen molar-refractivity contribution in [3.05, 3.63) is 29.8 Å². The Morgan fingerprint density at radius 2 is 2.00 bits per heavy atom. The zero-order valence-electron chi connectivity index (χ0n) is 15.1. The summed E-state index contributed by atoms with van der Waals surface area (Å²) < 4.78 is 10.9. The molecule has 0 bridgehead atoms. The molecule has 1 aromatic carbocycles. The van der Waals surface area contributed by atoms with E-state index in [0.717, 1.165) is 57.6 Å². The average molecular weight is 333 g/mol. The largest absolute Gasteiger partial charge is 0.493 e. The number of hydrogen-bond donors (Lipinski definition) is 0. The third kappa shape index (κ3) is 6.52. The quantitative estimate of drug-likeness (QED) is 0.645. The van der Waals surface area contributed by atoms with Crippen LogP contribution in [0.4, 0.5) is 0 Å². The van der Waals surface area contributed by atoms with Crippen LogP contribution in [0.5, 0.6) is 5.75 Å². The van der Waals surface area contributed by atoms with Gasteiger partial charge in [0.1, 0.15) is 5.75 Å². The van der Waals surface area contributed by atoms with Gasteiger partial charge in [-0.2, -0.15) is 0 Å². The minimum Gasteiger partial charge on any atom is -0.493 e. The minimum atomic E-state index is 0.299. The monoisotopic (exact) mass is 333 g/mol. The zero-order chi connectivity index (χ0) is 17.2. The summed E-state index contributed by atoms with van der Waals surface area (Å²) in [5.74, 6) is 1.66. The number of carbonyl (C=O) groups excluding carboxylic acids is 1. The second kappa shape index (κ2) is 10.3. The number of rotatable bonds is 9. The number of hydrogen-bond acceptors (Lipinski definition) is 3. The molecule has 1 atom stereocenters. The number of ether oxygens (including phenoxy) is 2. The molecule has 1 aliphatic rings. The number of amides is 1. The number of piperidine rings is 1. The van der Waals surface area contributed by atoms with Gasteiger partial charge in [-0.3, -0.25) is 4.79 Å². The van der Waals surface area contributed by atoms with Gasteiger partial charge < -0.3 is 14.4 Å². The van der Waals surface area contributed by atoms with Crippen LogP contribution in [0.15, 0.2) is 24.3 Å². The fourth-order valence-electron chi connectivity index (χ4n) is 3.13. The first-order valence-corrected chi connectivity index (χ1v) is 9.15. The fourth-order valence-corrected chi connectivity index (χ4v) is 3.13. The lowest BCUT2D eigenvalue weighted by molar-refractivity contribution is -0.133. The molecule has 0 saturated carbocycles. The van der Waals surface area contributed by atoms with Gasteiger partial charge in [-0.15, -0.1) is 0 Å². The van der Waals surface area contributed by atoms with Crippen LogP contribution in [-0.4, -0.2) is 44.2 Å². The van der Waals surface area contributed by atoms with E-state index in [1.165, 1.54) is 5.56 Å². The van der Waals surface area contributed by atoms with E-state index < -0.39 is 0 Å². The van der Waals surface area contributed by atoms with E-state index in [4.69, 9.17) is 9.47 Å². The van der Waals surface area contributed by atoms with Gasteiger partial charge >= 0.3 is 0 Å². The summed E-state index contributed by atoms with van der Waals surface area (Å²) in [7, 11) is 1.72. The van der Waals surface area contributed by atoms with Gasteiger partial charge in [-0.25, -0.2) is 0 Å². The van der Waals surface area contributed by atoms with Crippen LogP contribution in [0.1, 0.15) is 44.1 Å². The highest BCUT2D eigenvalue weighted by Gasteiger charge is 2.23. The Balaban J connectivity index is 1.68. The Kier molecular flexibility index (Phi) is 8.10. The molecule has 1 aliphatic heterocycles. The molecule has 4 heteroatoms. The summed E-state index contributed by atoms with van der Waals surface area (Å²) in [6, 6.07) is 8.16. The summed E-state index contributed by atoms with van der Waals surface area (Å²) in [6.45, 7) is 5.29. The molecule has 0 aliphatic carbocycles. The first kappa shape index (κ1) is 18.8. The van der Waals surface area contributed by atoms with E-state index in [2.05, 4.69) is 19.1 Å². The Hall–Kier alpha value is -1.55. The SMILES string of the molecule is COCCCCCC(=O)N1CCC[C@@H](COc2ccc(C)cc2)C1. The summed E-state index contributed by atoms with van der Waals surface area (Å²) in [5, 5.41) is 0. The number of methoxy groups -OCH3 is 1. The molecular weight excluding hydrogens is 302 g/mol. The van der Waals surface area contributed by atoms with E-state index in [0.29, 0.717) is 24.9 Å². The van der Waals surface area contributed by atoms with Crippen LogP contribution in [0.2, 0.25) is 0 Å². The summed E-state index contributed by atoms with van der Waals surface area (Å²) in [4.78, 5) is 14.4. The molecule has 1 aromatic rings. The van der Waals surface area contributed by atoms with Crippen LogP contribution in [0.3, 0.4) is 0 Å². The Labute approximate surface area is 146 Å². The van der Waals surface area contributed by atoms with E-state index in [1.807, 2.05) is 17.0 Å². The maximum Gasteiger partial charge on any atom is 0.222 e. The summed E-state index contributed by atoms with van der Waals surface area (Å²) in [6.07, 6.45) is 5.95. The number of benzene rings is 1. The lowest BCUT2D eigenvalue weighted by Gasteiger charge is -2.32. The standard InChI is InChI=1S/C20H31NO3/c1-17-9-11-19(12-10-17)24-16-18-7-6-13-21(15-18)20(22)8-4-3-5-14-23-2/h9-12,18H,3-8,13-16H2,1-2H3/t18-/m1/s1. The summed E-state index contributed by atoms with van der Waals surface area (Å²) in [5.41, 5.74) is 1.24. The van der Waals surface area contributed by atoms with Gasteiger partial charge in [-0.05, 0) is 44.7 Å². The molecule has 0 spiro atoms. The van der Waals surface area contributed by atoms with Gasteiger partial charge in [0.2, 0.25) is 5.91 Å². The molecule has 0 unspecified atom stereocenters. The van der Waals surface area contributed by atoms with Crippen LogP contribution < -0.4 is 4.74 Å². The number of aryl methyl sites for hydroxylation is 1. The van der Waals surface area contributed by atoms with Crippen molar-refractivity contribution in [2.75, 3.05) is 33.4 Å². The van der Waals surface area contributed by atoms with Gasteiger partial charge in [0.25, 0.3) is 0 Å². The average Bonchev–Trinajstić information content (AvgIpc) is 2.61. The molecule has 1 fully saturated rings. The second-order valence-electron chi connectivity index (χ2n) is 6.78. The zero-order valence-corrected chi connectivity index (χ0v) is 15.1. The van der Waals surface area contributed by atoms with Gasteiger partial charge in [-0.1, -0.05) is 24.1 Å². The molecule has 0 radical (unpaired) electrons. The van der Waals surface area contributed by atoms with Crippen molar-refractivity contribution >= 4 is 5.91 Å². The van der Waals surface area contributed by atoms with E-state index in [-0.39, 0.29) is 0 Å². The smallest absolute Gasteiger partial charge is 0.222 e. The second-order valence-corrected chi connectivity index (χ2v) is 6.78. The highest BCUT2D eigenvalue weighted by Crippen LogP contribution is 2.20. The van der Waals surface area contributed by atoms with Gasteiger partial charge in [0, 0.05) is 39.1 Å². The van der Waals surface area contributed by atoms with Crippen molar-refractivity contribution in [2.24, 2.45) is 5.92 Å². The Morgan fingerprint density at radius 1 is 1.21 bits per heavy atom. The van der Waals surface area contributed by atoms with Crippen LogP contribution in [-0.2, 0) is 9.53 Å². The summed E-state index contributed by atoms with van der Waals surface area (Å²) >= 11 is 0. The Morgan fingerprint density at radius 3 is 2.75 bits per heavy atom. The van der Waals surface area contributed by atoms with Crippen LogP contribution in [0, 0.1) is 12.8 Å². The first-order chi connectivity index (χ1) is 11.7. The number of carbonyl (C=O) groups is 1. The van der Waals surface area contributed by atoms with Crippen LogP contribution in [0.25, 0.3) is 0 Å². The lowest BCUT2D eigenvalue weighted by Crippen LogP contribution is -2.41. The molecule has 1 heterocycles. The van der Waals surface area contributed by atoms with Gasteiger partial charge in [0.15, 0.2) is 0 Å². The van der Waals surface area contributed by atoms with Crippen molar-refractivity contribution in [2.45, 2.75) is 45.4 Å². The Bertz CT molecular complexity index is 486. The molecule has 1 saturated heterocycles. The molecular formula is C20H31NO3. The highest BCUT2D eigenvalue weighted by atomic mass is 16.5. The first-order valence-electron chi connectivity index (χ1n) is 9.15. The molecule has 134 valence electrons. The molecule has 1 amide bonds. The highest BCUT2D eigenvalue weighted by molar-refractivity contribution is 5.76. The van der Waals surface area contributed by atoms with Crippen molar-refractivity contribution in [3.8, 4) is 5.75 Å². The van der Waals surface area contributed by atoms with Crippen molar-refractivity contribution in [3.63, 3.8) is 0 Å². The van der Waals surface area contributed by atoms with Crippen LogP contribution >= 0.6 is 0 Å². The predicted octanol–water partition coefficient (Wildman–Crippen LogP) is 3.82. The molecule has 0 aromatic heterocycles. The predicted molar refractivity (Wildman–Crippen MR) is 96.3 cm³/mol. The van der Waals surface area contributed by atoms with Crippen molar-refractivity contribution in [1.82, 2.24) is 4.90 Å². The fraction of sp³-hybridized carbons (Fsp3) is 0.650. The third-order valence-corrected chi connectivity index (χ3v) is 4.62. The molecule has 2 rings (SSSR count). The maximum absolute atomic E-state index is 12.3. The molecule has 24 heavy (non-hydrogen) atoms. The molecule has 0 N–H and O–H groups in total. The number of likely N-dealkylation sites (tertiary alicyclic amines) is 1. The number of unbranched alkanes of at least 4 members (excludes halogenated alkanes) is 2. The maximum atomic E-state index is 12.3. The van der Waals surface area contributed by atoms with E-state index in [1.54, 1.807) is 7.11 Å². The van der Waals surface area contributed by atoms with E-state index >= 15 is 0 Å². The minimum absolute atomic E-state index is 0.299. The van der Waals surface area contributed by atoms with E-state index in [9.17, 15) is 4.79 Å². The third-order valence-electron chi connectivity index (χ3n) is 4.62. The normalized spacial score (nSPS) is 17.8. The van der Waals surface area contributed by atoms with Crippen molar-refractivity contribution < 1.29 is 14.3 Å².